The Morgan fingerprint density at radius 2 is 1.92 bits per heavy atom. The van der Waals surface area contributed by atoms with Crippen molar-refractivity contribution in [2.45, 2.75) is 28.7 Å². The zero-order valence-electron chi connectivity index (χ0n) is 13.8. The molecule has 25 heavy (non-hydrogen) atoms. The van der Waals surface area contributed by atoms with Gasteiger partial charge in [-0.15, -0.1) is 0 Å². The zero-order chi connectivity index (χ0) is 18.0. The van der Waals surface area contributed by atoms with Crippen molar-refractivity contribution in [2.75, 3.05) is 13.6 Å². The molecule has 0 aliphatic carbocycles. The lowest BCUT2D eigenvalue weighted by Crippen LogP contribution is -2.38. The Hall–Kier alpha value is -2.54. The van der Waals surface area contributed by atoms with Gasteiger partial charge in [0, 0.05) is 7.05 Å². The van der Waals surface area contributed by atoms with Crippen LogP contribution >= 0.6 is 0 Å². The number of benzene rings is 2. The number of carboxylic acid groups (broad SMARTS) is 1. The van der Waals surface area contributed by atoms with E-state index in [0.29, 0.717) is 12.2 Å². The summed E-state index contributed by atoms with van der Waals surface area (Å²) in [7, 11) is -2.13. The summed E-state index contributed by atoms with van der Waals surface area (Å²) in [5.41, 5.74) is 0.932. The summed E-state index contributed by atoms with van der Waals surface area (Å²) in [4.78, 5) is 12.5. The van der Waals surface area contributed by atoms with Gasteiger partial charge in [0.05, 0.1) is 16.3 Å². The molecule has 3 rings (SSSR count). The molecule has 1 heterocycles. The van der Waals surface area contributed by atoms with E-state index in [9.17, 15) is 13.2 Å². The van der Waals surface area contributed by atoms with E-state index in [-0.39, 0.29) is 22.4 Å². The third-order valence-electron chi connectivity index (χ3n) is 4.24. The first-order chi connectivity index (χ1) is 11.9. The van der Waals surface area contributed by atoms with Crippen molar-refractivity contribution in [3.05, 3.63) is 54.1 Å². The topological polar surface area (TPSA) is 83.9 Å². The van der Waals surface area contributed by atoms with E-state index in [2.05, 4.69) is 0 Å². The molecule has 0 aromatic heterocycles. The Balaban J connectivity index is 1.86. The van der Waals surface area contributed by atoms with Crippen molar-refractivity contribution < 1.29 is 23.1 Å². The minimum Gasteiger partial charge on any atom is -0.488 e. The first-order valence-electron chi connectivity index (χ1n) is 7.91. The van der Waals surface area contributed by atoms with Crippen LogP contribution in [0.4, 0.5) is 4.79 Å². The number of likely N-dealkylation sites (N-methyl/N-ethyl adjacent to an activating group) is 1. The minimum absolute atomic E-state index is 0.171. The van der Waals surface area contributed by atoms with E-state index in [1.165, 1.54) is 18.0 Å². The maximum atomic E-state index is 12.7. The molecule has 6 nitrogen and oxygen atoms in total. The highest BCUT2D eigenvalue weighted by atomic mass is 32.2. The van der Waals surface area contributed by atoms with Gasteiger partial charge < -0.3 is 14.7 Å². The number of fused-ring (bicyclic) bond motifs is 1. The van der Waals surface area contributed by atoms with Gasteiger partial charge >= 0.3 is 6.09 Å². The number of ether oxygens (including phenoxy) is 1. The maximum Gasteiger partial charge on any atom is 0.407 e. The number of nitrogens with zero attached hydrogens (tertiary/aromatic N) is 1. The number of carbonyl (C=O) groups is 1. The van der Waals surface area contributed by atoms with Crippen LogP contribution in [0.25, 0.3) is 0 Å². The molecule has 0 unspecified atom stereocenters. The third-order valence-corrected chi connectivity index (χ3v) is 6.00. The molecule has 1 aliphatic rings. The molecular weight excluding hydrogens is 342 g/mol. The first kappa shape index (κ1) is 17.3. The molecular formula is C18H19NO5S. The molecule has 0 saturated heterocycles. The van der Waals surface area contributed by atoms with Gasteiger partial charge in [-0.2, -0.15) is 0 Å². The SMILES string of the molecule is CN(C[C@H]1CCc2ccc(S(=O)(=O)c3ccccc3)cc2O1)C(=O)O. The number of amides is 1. The van der Waals surface area contributed by atoms with E-state index < -0.39 is 15.9 Å². The number of aryl methyl sites for hydroxylation is 1. The summed E-state index contributed by atoms with van der Waals surface area (Å²) in [5, 5.41) is 8.98. The first-order valence-corrected chi connectivity index (χ1v) is 9.40. The predicted octanol–water partition coefficient (Wildman–Crippen LogP) is 2.82. The molecule has 0 bridgehead atoms. The van der Waals surface area contributed by atoms with Crippen LogP contribution < -0.4 is 4.74 Å². The highest BCUT2D eigenvalue weighted by Crippen LogP contribution is 2.32. The van der Waals surface area contributed by atoms with Crippen LogP contribution in [0.15, 0.2) is 58.3 Å². The number of rotatable bonds is 4. The molecule has 2 aromatic rings. The summed E-state index contributed by atoms with van der Waals surface area (Å²) >= 11 is 0. The number of hydrogen-bond acceptors (Lipinski definition) is 4. The summed E-state index contributed by atoms with van der Waals surface area (Å²) in [5.74, 6) is 0.507. The second-order valence-corrected chi connectivity index (χ2v) is 7.98. The van der Waals surface area contributed by atoms with Crippen LogP contribution in [0.5, 0.6) is 5.75 Å². The van der Waals surface area contributed by atoms with Crippen LogP contribution in [-0.4, -0.2) is 44.2 Å². The third kappa shape index (κ3) is 3.61. The molecule has 1 amide bonds. The highest BCUT2D eigenvalue weighted by Gasteiger charge is 2.25. The van der Waals surface area contributed by atoms with Crippen LogP contribution in [0.3, 0.4) is 0 Å². The van der Waals surface area contributed by atoms with Crippen molar-refractivity contribution in [3.8, 4) is 5.75 Å². The van der Waals surface area contributed by atoms with Crippen LogP contribution in [0.2, 0.25) is 0 Å². The molecule has 132 valence electrons. The molecule has 0 saturated carbocycles. The normalized spacial score (nSPS) is 16.6. The summed E-state index contributed by atoms with van der Waals surface area (Å²) in [6.07, 6.45) is 0.104. The monoisotopic (exact) mass is 361 g/mol. The maximum absolute atomic E-state index is 12.7. The average molecular weight is 361 g/mol. The van der Waals surface area contributed by atoms with Crippen molar-refractivity contribution >= 4 is 15.9 Å². The van der Waals surface area contributed by atoms with Gasteiger partial charge in [0.1, 0.15) is 11.9 Å². The van der Waals surface area contributed by atoms with Crippen molar-refractivity contribution in [1.29, 1.82) is 0 Å². The fraction of sp³-hybridized carbons (Fsp3) is 0.278. The van der Waals surface area contributed by atoms with Gasteiger partial charge in [0.15, 0.2) is 0 Å². The summed E-state index contributed by atoms with van der Waals surface area (Å²) in [6, 6.07) is 13.1. The number of sulfone groups is 1. The van der Waals surface area contributed by atoms with Crippen LogP contribution in [0, 0.1) is 0 Å². The molecule has 1 atom stereocenters. The Morgan fingerprint density at radius 1 is 1.20 bits per heavy atom. The number of hydrogen-bond donors (Lipinski definition) is 1. The Labute approximate surface area is 146 Å². The van der Waals surface area contributed by atoms with Crippen molar-refractivity contribution in [2.24, 2.45) is 0 Å². The smallest absolute Gasteiger partial charge is 0.407 e. The molecule has 1 aliphatic heterocycles. The fourth-order valence-electron chi connectivity index (χ4n) is 2.82. The summed E-state index contributed by atoms with van der Waals surface area (Å²) < 4.78 is 31.3. The van der Waals surface area contributed by atoms with Crippen LogP contribution in [0.1, 0.15) is 12.0 Å². The van der Waals surface area contributed by atoms with Gasteiger partial charge in [-0.3, -0.25) is 0 Å². The Morgan fingerprint density at radius 3 is 2.60 bits per heavy atom. The van der Waals surface area contributed by atoms with Gasteiger partial charge in [-0.1, -0.05) is 24.3 Å². The molecule has 0 fully saturated rings. The Bertz CT molecular complexity index is 880. The molecule has 2 aromatic carbocycles. The Kier molecular flexibility index (Phi) is 4.67. The highest BCUT2D eigenvalue weighted by molar-refractivity contribution is 7.91. The standard InChI is InChI=1S/C18H19NO5S/c1-19(18(20)21)12-14-9-7-13-8-10-16(11-17(13)24-14)25(22,23)15-5-3-2-4-6-15/h2-6,8,10-11,14H,7,9,12H2,1H3,(H,20,21)/t14-/m1/s1. The van der Waals surface area contributed by atoms with Crippen molar-refractivity contribution in [1.82, 2.24) is 4.90 Å². The second kappa shape index (κ2) is 6.76. The second-order valence-electron chi connectivity index (χ2n) is 6.03. The van der Waals surface area contributed by atoms with Crippen LogP contribution in [-0.2, 0) is 16.3 Å². The lowest BCUT2D eigenvalue weighted by molar-refractivity contribution is 0.109. The minimum atomic E-state index is -3.61. The van der Waals surface area contributed by atoms with Gasteiger partial charge in [-0.05, 0) is 42.7 Å². The average Bonchev–Trinajstić information content (AvgIpc) is 2.61. The molecule has 0 spiro atoms. The van der Waals surface area contributed by atoms with Gasteiger partial charge in [0.25, 0.3) is 0 Å². The lowest BCUT2D eigenvalue weighted by Gasteiger charge is -2.28. The molecule has 7 heteroatoms. The quantitative estimate of drug-likeness (QED) is 0.905. The fourth-order valence-corrected chi connectivity index (χ4v) is 4.12. The van der Waals surface area contributed by atoms with Gasteiger partial charge in [-0.25, -0.2) is 13.2 Å². The molecule has 0 radical (unpaired) electrons. The molecule has 1 N–H and O–H groups in total. The predicted molar refractivity (Wildman–Crippen MR) is 91.7 cm³/mol. The van der Waals surface area contributed by atoms with Gasteiger partial charge in [0.2, 0.25) is 9.84 Å². The summed E-state index contributed by atoms with van der Waals surface area (Å²) in [6.45, 7) is 0.241. The lowest BCUT2D eigenvalue weighted by atomic mass is 10.0. The van der Waals surface area contributed by atoms with E-state index in [1.807, 2.05) is 0 Å². The van der Waals surface area contributed by atoms with Crippen molar-refractivity contribution in [3.63, 3.8) is 0 Å². The van der Waals surface area contributed by atoms with E-state index in [0.717, 1.165) is 12.0 Å². The van der Waals surface area contributed by atoms with E-state index in [1.54, 1.807) is 42.5 Å². The largest absolute Gasteiger partial charge is 0.488 e. The zero-order valence-corrected chi connectivity index (χ0v) is 14.6. The van der Waals surface area contributed by atoms with E-state index in [4.69, 9.17) is 9.84 Å². The van der Waals surface area contributed by atoms with E-state index >= 15 is 0 Å².